The summed E-state index contributed by atoms with van der Waals surface area (Å²) in [6, 6.07) is 10.5. The van der Waals surface area contributed by atoms with Crippen molar-refractivity contribution < 1.29 is 52.4 Å². The molecule has 0 bridgehead atoms. The Bertz CT molecular complexity index is 897. The molecular formula is C26H37NaO5S. The van der Waals surface area contributed by atoms with E-state index in [-0.39, 0.29) is 40.2 Å². The number of hydrogen-bond acceptors (Lipinski definition) is 4. The summed E-state index contributed by atoms with van der Waals surface area (Å²) in [5.74, 6) is 0.600. The van der Waals surface area contributed by atoms with Gasteiger partial charge in [0.25, 0.3) is 10.1 Å². The van der Waals surface area contributed by atoms with Crippen LogP contribution in [0, 0.1) is 0 Å². The summed E-state index contributed by atoms with van der Waals surface area (Å²) < 4.78 is 39.1. The Morgan fingerprint density at radius 2 is 1.24 bits per heavy atom. The van der Waals surface area contributed by atoms with Crippen molar-refractivity contribution in [2.24, 2.45) is 0 Å². The normalized spacial score (nSPS) is 11.2. The van der Waals surface area contributed by atoms with E-state index < -0.39 is 10.1 Å². The van der Waals surface area contributed by atoms with Gasteiger partial charge in [-0.05, 0) is 36.6 Å². The molecule has 0 aliphatic rings. The minimum absolute atomic E-state index is 0. The fraction of sp³-hybridized carbons (Fsp3) is 0.538. The van der Waals surface area contributed by atoms with Crippen LogP contribution in [-0.4, -0.2) is 13.0 Å². The molecule has 178 valence electrons. The van der Waals surface area contributed by atoms with Gasteiger partial charge in [-0.2, -0.15) is 8.42 Å². The second-order valence-corrected chi connectivity index (χ2v) is 9.85. The van der Waals surface area contributed by atoms with E-state index in [1.54, 1.807) is 12.1 Å². The molecule has 5 nitrogen and oxygen atoms in total. The molecule has 33 heavy (non-hydrogen) atoms. The van der Waals surface area contributed by atoms with Crippen molar-refractivity contribution in [3.05, 3.63) is 48.0 Å². The van der Waals surface area contributed by atoms with Crippen LogP contribution in [0.5, 0.6) is 17.2 Å². The van der Waals surface area contributed by atoms with Gasteiger partial charge in [0.1, 0.15) is 16.4 Å². The Hall–Kier alpha value is -1.05. The molecule has 1 N–H and O–H groups in total. The standard InChI is InChI=1S/C26H38O5S.Na/c1-2-3-4-5-6-7-8-9-10-11-12-13-14-22-15-18-25(21-26(22)32(28,29)30)31-24-19-16-23(27)17-20-24;/h15-21,27H,2-14H2,1H3,(H,28,29,30);/q;+1/p-1. The minimum Gasteiger partial charge on any atom is -0.872 e. The van der Waals surface area contributed by atoms with Gasteiger partial charge in [-0.1, -0.05) is 95.8 Å². The van der Waals surface area contributed by atoms with Crippen molar-refractivity contribution in [3.63, 3.8) is 0 Å². The van der Waals surface area contributed by atoms with Gasteiger partial charge in [-0.15, -0.1) is 5.75 Å². The topological polar surface area (TPSA) is 86.7 Å². The third-order valence-electron chi connectivity index (χ3n) is 5.68. The molecule has 0 aliphatic carbocycles. The minimum atomic E-state index is -4.35. The number of aryl methyl sites for hydroxylation is 1. The second-order valence-electron chi connectivity index (χ2n) is 8.46. The van der Waals surface area contributed by atoms with Crippen molar-refractivity contribution in [2.75, 3.05) is 0 Å². The predicted molar refractivity (Wildman–Crippen MR) is 127 cm³/mol. The first kappa shape index (κ1) is 30.0. The summed E-state index contributed by atoms with van der Waals surface area (Å²) in [4.78, 5) is -0.112. The number of ether oxygens (including phenoxy) is 1. The van der Waals surface area contributed by atoms with E-state index in [2.05, 4.69) is 6.92 Å². The number of rotatable bonds is 16. The van der Waals surface area contributed by atoms with Crippen LogP contribution >= 0.6 is 0 Å². The van der Waals surface area contributed by atoms with Crippen LogP contribution in [0.4, 0.5) is 0 Å². The van der Waals surface area contributed by atoms with E-state index in [9.17, 15) is 18.1 Å². The first-order valence-corrected chi connectivity index (χ1v) is 13.4. The fourth-order valence-electron chi connectivity index (χ4n) is 3.85. The van der Waals surface area contributed by atoms with Crippen LogP contribution in [0.25, 0.3) is 0 Å². The van der Waals surface area contributed by atoms with Crippen LogP contribution in [0.1, 0.15) is 89.5 Å². The van der Waals surface area contributed by atoms with Crippen LogP contribution in [0.3, 0.4) is 0 Å². The number of unbranched alkanes of at least 4 members (excludes halogenated alkanes) is 11. The maximum atomic E-state index is 11.9. The zero-order valence-corrected chi connectivity index (χ0v) is 23.0. The Labute approximate surface area is 222 Å². The molecule has 0 saturated heterocycles. The van der Waals surface area contributed by atoms with Gasteiger partial charge in [0.15, 0.2) is 0 Å². The average Bonchev–Trinajstić information content (AvgIpc) is 2.76. The summed E-state index contributed by atoms with van der Waals surface area (Å²) in [6.45, 7) is 2.24. The van der Waals surface area contributed by atoms with Crippen LogP contribution in [-0.2, 0) is 16.5 Å². The van der Waals surface area contributed by atoms with Gasteiger partial charge in [0.2, 0.25) is 0 Å². The summed E-state index contributed by atoms with van der Waals surface area (Å²) in [6.07, 6.45) is 15.5. The number of hydrogen-bond donors (Lipinski definition) is 1. The molecule has 0 spiro atoms. The van der Waals surface area contributed by atoms with Crippen molar-refractivity contribution in [3.8, 4) is 17.2 Å². The zero-order valence-electron chi connectivity index (χ0n) is 20.2. The van der Waals surface area contributed by atoms with Crippen LogP contribution < -0.4 is 39.4 Å². The van der Waals surface area contributed by atoms with Gasteiger partial charge in [-0.3, -0.25) is 4.55 Å². The van der Waals surface area contributed by atoms with E-state index in [1.807, 2.05) is 0 Å². The van der Waals surface area contributed by atoms with Crippen LogP contribution in [0.15, 0.2) is 47.4 Å². The summed E-state index contributed by atoms with van der Waals surface area (Å²) in [5, 5.41) is 11.2. The molecule has 2 aromatic rings. The third-order valence-corrected chi connectivity index (χ3v) is 6.61. The van der Waals surface area contributed by atoms with Crippen molar-refractivity contribution in [1.29, 1.82) is 0 Å². The Balaban J connectivity index is 0.00000544. The SMILES string of the molecule is CCCCCCCCCCCCCCc1ccc(Oc2ccc([O-])cc2)cc1S(=O)(=O)O.[Na+]. The number of benzene rings is 2. The predicted octanol–water partition coefficient (Wildman–Crippen LogP) is 4.05. The van der Waals surface area contributed by atoms with E-state index >= 15 is 0 Å². The zero-order chi connectivity index (χ0) is 23.2. The maximum Gasteiger partial charge on any atom is 1.00 e. The van der Waals surface area contributed by atoms with Crippen molar-refractivity contribution in [1.82, 2.24) is 0 Å². The van der Waals surface area contributed by atoms with Gasteiger partial charge in [0, 0.05) is 6.07 Å². The van der Waals surface area contributed by atoms with Crippen LogP contribution in [0.2, 0.25) is 0 Å². The quantitative estimate of drug-likeness (QED) is 0.221. The molecule has 0 amide bonds. The molecular weight excluding hydrogens is 447 g/mol. The molecule has 0 unspecified atom stereocenters. The summed E-state index contributed by atoms with van der Waals surface area (Å²) in [7, 11) is -4.35. The van der Waals surface area contributed by atoms with E-state index in [4.69, 9.17) is 4.74 Å². The Kier molecular flexibility index (Phi) is 15.0. The molecule has 0 heterocycles. The smallest absolute Gasteiger partial charge is 0.872 e. The van der Waals surface area contributed by atoms with Crippen molar-refractivity contribution in [2.45, 2.75) is 95.3 Å². The summed E-state index contributed by atoms with van der Waals surface area (Å²) in [5.41, 5.74) is 0.599. The molecule has 2 rings (SSSR count). The molecule has 7 heteroatoms. The van der Waals surface area contributed by atoms with Gasteiger partial charge >= 0.3 is 29.6 Å². The van der Waals surface area contributed by atoms with Gasteiger partial charge < -0.3 is 9.84 Å². The first-order valence-electron chi connectivity index (χ1n) is 12.0. The maximum absolute atomic E-state index is 11.9. The molecule has 0 aliphatic heterocycles. The molecule has 0 saturated carbocycles. The second kappa shape index (κ2) is 16.6. The first-order chi connectivity index (χ1) is 15.4. The molecule has 0 radical (unpaired) electrons. The van der Waals surface area contributed by atoms with Crippen molar-refractivity contribution >= 4 is 10.1 Å². The molecule has 0 atom stereocenters. The van der Waals surface area contributed by atoms with E-state index in [0.29, 0.717) is 23.5 Å². The molecule has 2 aromatic carbocycles. The average molecular weight is 485 g/mol. The summed E-state index contributed by atoms with van der Waals surface area (Å²) >= 11 is 0. The monoisotopic (exact) mass is 484 g/mol. The Morgan fingerprint density at radius 3 is 1.76 bits per heavy atom. The van der Waals surface area contributed by atoms with E-state index in [1.165, 1.54) is 88.1 Å². The van der Waals surface area contributed by atoms with Gasteiger partial charge in [-0.25, -0.2) is 0 Å². The largest absolute Gasteiger partial charge is 1.00 e. The van der Waals surface area contributed by atoms with Gasteiger partial charge in [0.05, 0.1) is 0 Å². The molecule has 0 aromatic heterocycles. The Morgan fingerprint density at radius 1 is 0.758 bits per heavy atom. The fourth-order valence-corrected chi connectivity index (χ4v) is 4.61. The third kappa shape index (κ3) is 12.3. The van der Waals surface area contributed by atoms with E-state index in [0.717, 1.165) is 19.3 Å². The molecule has 0 fully saturated rings.